The Labute approximate surface area is 107 Å². The van der Waals surface area contributed by atoms with Gasteiger partial charge in [-0.25, -0.2) is 0 Å². The van der Waals surface area contributed by atoms with E-state index >= 15 is 0 Å². The molecule has 96 valence electrons. The number of methoxy groups -OCH3 is 1. The number of anilines is 1. The van der Waals surface area contributed by atoms with Gasteiger partial charge in [0.25, 0.3) is 0 Å². The summed E-state index contributed by atoms with van der Waals surface area (Å²) in [5, 5.41) is 10.3. The summed E-state index contributed by atoms with van der Waals surface area (Å²) in [7, 11) is 3.46. The van der Waals surface area contributed by atoms with Gasteiger partial charge in [0.2, 0.25) is 0 Å². The second-order valence-corrected chi connectivity index (χ2v) is 4.34. The van der Waals surface area contributed by atoms with Gasteiger partial charge in [-0.05, 0) is 12.1 Å². The molecule has 0 saturated carbocycles. The molecular weight excluding hydrogens is 240 g/mol. The summed E-state index contributed by atoms with van der Waals surface area (Å²) < 4.78 is 4.89. The van der Waals surface area contributed by atoms with Gasteiger partial charge in [-0.3, -0.25) is 0 Å². The van der Waals surface area contributed by atoms with Gasteiger partial charge in [-0.2, -0.15) is 0 Å². The third kappa shape index (κ3) is 3.85. The Hall–Kier alpha value is -0.810. The standard InChI is InChI=1S/C12H19ClN2O2/c1-15(7-9(16)8-17-2)12-5-3-4-11(13)10(12)6-14/h3-5,9,16H,6-8,14H2,1-2H3. The summed E-state index contributed by atoms with van der Waals surface area (Å²) in [4.78, 5) is 1.93. The topological polar surface area (TPSA) is 58.7 Å². The number of nitrogens with two attached hydrogens (primary N) is 1. The number of ether oxygens (including phenoxy) is 1. The first-order valence-corrected chi connectivity index (χ1v) is 5.83. The maximum atomic E-state index is 9.68. The maximum Gasteiger partial charge on any atom is 0.0947 e. The van der Waals surface area contributed by atoms with Crippen molar-refractivity contribution in [2.45, 2.75) is 12.6 Å². The van der Waals surface area contributed by atoms with E-state index in [4.69, 9.17) is 22.1 Å². The molecule has 0 aliphatic rings. The van der Waals surface area contributed by atoms with Crippen LogP contribution >= 0.6 is 11.6 Å². The number of hydrogen-bond acceptors (Lipinski definition) is 4. The van der Waals surface area contributed by atoms with Crippen molar-refractivity contribution in [2.75, 3.05) is 32.2 Å². The monoisotopic (exact) mass is 258 g/mol. The highest BCUT2D eigenvalue weighted by Gasteiger charge is 2.13. The van der Waals surface area contributed by atoms with E-state index < -0.39 is 6.10 Å². The lowest BCUT2D eigenvalue weighted by Gasteiger charge is -2.25. The minimum absolute atomic E-state index is 0.308. The van der Waals surface area contributed by atoms with Crippen LogP contribution in [0.25, 0.3) is 0 Å². The summed E-state index contributed by atoms with van der Waals surface area (Å²) in [5.74, 6) is 0. The molecule has 17 heavy (non-hydrogen) atoms. The van der Waals surface area contributed by atoms with Crippen molar-refractivity contribution in [1.29, 1.82) is 0 Å². The van der Waals surface area contributed by atoms with Crippen LogP contribution in [0, 0.1) is 0 Å². The third-order valence-electron chi connectivity index (χ3n) is 2.55. The molecule has 0 aliphatic heterocycles. The molecule has 0 bridgehead atoms. The fourth-order valence-electron chi connectivity index (χ4n) is 1.77. The highest BCUT2D eigenvalue weighted by Crippen LogP contribution is 2.26. The van der Waals surface area contributed by atoms with Crippen molar-refractivity contribution in [3.05, 3.63) is 28.8 Å². The third-order valence-corrected chi connectivity index (χ3v) is 2.91. The zero-order chi connectivity index (χ0) is 12.8. The quantitative estimate of drug-likeness (QED) is 0.806. The molecule has 1 rings (SSSR count). The molecule has 0 saturated heterocycles. The van der Waals surface area contributed by atoms with Crippen LogP contribution in [-0.4, -0.2) is 38.5 Å². The molecule has 1 aromatic carbocycles. The average Bonchev–Trinajstić information content (AvgIpc) is 2.28. The molecule has 0 heterocycles. The SMILES string of the molecule is COCC(O)CN(C)c1cccc(Cl)c1CN. The van der Waals surface area contributed by atoms with Gasteiger partial charge in [-0.1, -0.05) is 17.7 Å². The Kier molecular flexibility index (Phi) is 5.71. The molecule has 0 aliphatic carbocycles. The first-order chi connectivity index (χ1) is 8.10. The van der Waals surface area contributed by atoms with Gasteiger partial charge < -0.3 is 20.5 Å². The van der Waals surface area contributed by atoms with Crippen LogP contribution in [0.5, 0.6) is 0 Å². The Morgan fingerprint density at radius 1 is 1.53 bits per heavy atom. The minimum atomic E-state index is -0.533. The van der Waals surface area contributed by atoms with Crippen LogP contribution in [-0.2, 0) is 11.3 Å². The van der Waals surface area contributed by atoms with E-state index in [9.17, 15) is 5.11 Å². The van der Waals surface area contributed by atoms with Crippen molar-refractivity contribution in [3.63, 3.8) is 0 Å². The molecule has 0 radical (unpaired) electrons. The molecule has 1 atom stereocenters. The zero-order valence-corrected chi connectivity index (χ0v) is 10.9. The van der Waals surface area contributed by atoms with Crippen LogP contribution in [0.3, 0.4) is 0 Å². The van der Waals surface area contributed by atoms with Crippen LogP contribution in [0.4, 0.5) is 5.69 Å². The predicted octanol–water partition coefficient (Wildman–Crippen LogP) is 1.24. The van der Waals surface area contributed by atoms with Crippen LogP contribution < -0.4 is 10.6 Å². The lowest BCUT2D eigenvalue weighted by molar-refractivity contribution is 0.0695. The van der Waals surface area contributed by atoms with Crippen molar-refractivity contribution in [1.82, 2.24) is 0 Å². The first kappa shape index (κ1) is 14.3. The number of rotatable bonds is 6. The molecule has 5 heteroatoms. The lowest BCUT2D eigenvalue weighted by Crippen LogP contribution is -2.32. The van der Waals surface area contributed by atoms with E-state index in [1.165, 1.54) is 0 Å². The number of likely N-dealkylation sites (N-methyl/N-ethyl adjacent to an activating group) is 1. The Morgan fingerprint density at radius 2 is 2.24 bits per heavy atom. The minimum Gasteiger partial charge on any atom is -0.389 e. The van der Waals surface area contributed by atoms with Gasteiger partial charge in [0.15, 0.2) is 0 Å². The number of halogens is 1. The predicted molar refractivity (Wildman–Crippen MR) is 70.5 cm³/mol. The van der Waals surface area contributed by atoms with E-state index in [-0.39, 0.29) is 0 Å². The molecular formula is C12H19ClN2O2. The molecule has 0 spiro atoms. The highest BCUT2D eigenvalue weighted by atomic mass is 35.5. The molecule has 3 N–H and O–H groups in total. The second kappa shape index (κ2) is 6.81. The molecule has 1 unspecified atom stereocenters. The van der Waals surface area contributed by atoms with Gasteiger partial charge in [0.1, 0.15) is 0 Å². The van der Waals surface area contributed by atoms with E-state index in [0.717, 1.165) is 11.3 Å². The van der Waals surface area contributed by atoms with Crippen LogP contribution in [0.1, 0.15) is 5.56 Å². The second-order valence-electron chi connectivity index (χ2n) is 3.93. The van der Waals surface area contributed by atoms with Gasteiger partial charge in [0, 0.05) is 43.5 Å². The average molecular weight is 259 g/mol. The normalized spacial score (nSPS) is 12.5. The van der Waals surface area contributed by atoms with Gasteiger partial charge in [-0.15, -0.1) is 0 Å². The summed E-state index contributed by atoms with van der Waals surface area (Å²) in [6.07, 6.45) is -0.533. The van der Waals surface area contributed by atoms with E-state index in [2.05, 4.69) is 0 Å². The molecule has 0 aromatic heterocycles. The molecule has 0 fully saturated rings. The Morgan fingerprint density at radius 3 is 2.82 bits per heavy atom. The first-order valence-electron chi connectivity index (χ1n) is 5.45. The molecule has 1 aromatic rings. The van der Waals surface area contributed by atoms with Crippen molar-refractivity contribution < 1.29 is 9.84 Å². The van der Waals surface area contributed by atoms with Crippen molar-refractivity contribution in [2.24, 2.45) is 5.73 Å². The lowest BCUT2D eigenvalue weighted by atomic mass is 10.1. The highest BCUT2D eigenvalue weighted by molar-refractivity contribution is 6.31. The number of nitrogens with zero attached hydrogens (tertiary/aromatic N) is 1. The van der Waals surface area contributed by atoms with E-state index in [1.54, 1.807) is 7.11 Å². The number of aliphatic hydroxyl groups excluding tert-OH is 1. The Bertz CT molecular complexity index is 360. The largest absolute Gasteiger partial charge is 0.389 e. The number of benzene rings is 1. The maximum absolute atomic E-state index is 9.68. The summed E-state index contributed by atoms with van der Waals surface area (Å²) in [5.41, 5.74) is 7.51. The fraction of sp³-hybridized carbons (Fsp3) is 0.500. The van der Waals surface area contributed by atoms with E-state index in [1.807, 2.05) is 30.1 Å². The summed E-state index contributed by atoms with van der Waals surface area (Å²) >= 11 is 6.08. The fourth-order valence-corrected chi connectivity index (χ4v) is 2.01. The molecule has 0 amide bonds. The van der Waals surface area contributed by atoms with E-state index in [0.29, 0.717) is 24.7 Å². The number of aliphatic hydroxyl groups is 1. The van der Waals surface area contributed by atoms with Crippen LogP contribution in [0.2, 0.25) is 5.02 Å². The number of hydrogen-bond donors (Lipinski definition) is 2. The smallest absolute Gasteiger partial charge is 0.0947 e. The molecule has 4 nitrogen and oxygen atoms in total. The Balaban J connectivity index is 2.81. The van der Waals surface area contributed by atoms with Crippen molar-refractivity contribution >= 4 is 17.3 Å². The van der Waals surface area contributed by atoms with Gasteiger partial charge >= 0.3 is 0 Å². The summed E-state index contributed by atoms with van der Waals surface area (Å²) in [6, 6.07) is 5.62. The van der Waals surface area contributed by atoms with Crippen molar-refractivity contribution in [3.8, 4) is 0 Å². The van der Waals surface area contributed by atoms with Crippen LogP contribution in [0.15, 0.2) is 18.2 Å². The van der Waals surface area contributed by atoms with Gasteiger partial charge in [0.05, 0.1) is 12.7 Å². The summed E-state index contributed by atoms with van der Waals surface area (Å²) in [6.45, 7) is 1.16. The zero-order valence-electron chi connectivity index (χ0n) is 10.2.